The smallest absolute Gasteiger partial charge is 0.310 e. The van der Waals surface area contributed by atoms with Gasteiger partial charge in [-0.3, -0.25) is 9.78 Å². The van der Waals surface area contributed by atoms with Crippen LogP contribution < -0.4 is 4.74 Å². The highest BCUT2D eigenvalue weighted by atomic mass is 16.5. The third kappa shape index (κ3) is 5.42. The molecule has 0 aliphatic rings. The number of nitrogens with zero attached hydrogens (tertiary/aromatic N) is 1. The van der Waals surface area contributed by atoms with Crippen molar-refractivity contribution in [3.8, 4) is 5.75 Å². The summed E-state index contributed by atoms with van der Waals surface area (Å²) in [7, 11) is 0. The minimum atomic E-state index is -0.211. The van der Waals surface area contributed by atoms with Crippen molar-refractivity contribution in [1.29, 1.82) is 0 Å². The topological polar surface area (TPSA) is 39.2 Å². The quantitative estimate of drug-likeness (QED) is 0.323. The normalized spacial score (nSPS) is 11.3. The molecule has 0 radical (unpaired) electrons. The van der Waals surface area contributed by atoms with Gasteiger partial charge in [-0.1, -0.05) is 57.4 Å². The zero-order valence-corrected chi connectivity index (χ0v) is 15.7. The summed E-state index contributed by atoms with van der Waals surface area (Å²) in [4.78, 5) is 16.6. The lowest BCUT2D eigenvalue weighted by Gasteiger charge is -2.13. The molecule has 0 fully saturated rings. The Hall–Kier alpha value is -2.16. The van der Waals surface area contributed by atoms with Crippen LogP contribution in [0.2, 0.25) is 0 Å². The number of fused-ring (bicyclic) bond motifs is 1. The predicted molar refractivity (Wildman–Crippen MR) is 104 cm³/mol. The zero-order valence-electron chi connectivity index (χ0n) is 15.7. The van der Waals surface area contributed by atoms with Crippen molar-refractivity contribution >= 4 is 16.9 Å². The van der Waals surface area contributed by atoms with Crippen LogP contribution in [0.5, 0.6) is 5.75 Å². The molecule has 0 bridgehead atoms. The summed E-state index contributed by atoms with van der Waals surface area (Å²) in [5.74, 6) is 0.445. The Bertz CT molecular complexity index is 734. The van der Waals surface area contributed by atoms with Gasteiger partial charge in [0.15, 0.2) is 0 Å². The second kappa shape index (κ2) is 9.97. The fourth-order valence-electron chi connectivity index (χ4n) is 2.84. The minimum absolute atomic E-state index is 0.211. The molecule has 2 aromatic rings. The zero-order chi connectivity index (χ0) is 18.1. The monoisotopic (exact) mass is 339 g/mol. The molecule has 0 aliphatic carbocycles. The number of hydrogen-bond acceptors (Lipinski definition) is 3. The van der Waals surface area contributed by atoms with E-state index < -0.39 is 0 Å². The van der Waals surface area contributed by atoms with Gasteiger partial charge in [-0.25, -0.2) is 0 Å². The van der Waals surface area contributed by atoms with Gasteiger partial charge in [0.05, 0.1) is 11.2 Å². The van der Waals surface area contributed by atoms with Crippen molar-refractivity contribution in [3.05, 3.63) is 47.7 Å². The van der Waals surface area contributed by atoms with E-state index in [1.54, 1.807) is 0 Å². The maximum atomic E-state index is 11.8. The van der Waals surface area contributed by atoms with Crippen molar-refractivity contribution in [2.24, 2.45) is 0 Å². The molecule has 0 amide bonds. The Morgan fingerprint density at radius 1 is 1.12 bits per heavy atom. The molecule has 0 aliphatic heterocycles. The lowest BCUT2D eigenvalue weighted by molar-refractivity contribution is -0.133. The number of para-hydroxylation sites is 1. The van der Waals surface area contributed by atoms with Crippen molar-refractivity contribution in [2.45, 2.75) is 65.7 Å². The molecule has 0 spiro atoms. The highest BCUT2D eigenvalue weighted by molar-refractivity contribution is 5.89. The molecule has 1 aromatic heterocycles. The molecule has 0 saturated carbocycles. The molecule has 0 saturated heterocycles. The summed E-state index contributed by atoms with van der Waals surface area (Å²) in [6, 6.07) is 7.84. The Morgan fingerprint density at radius 3 is 2.68 bits per heavy atom. The lowest BCUT2D eigenvalue weighted by atomic mass is 10.1. The van der Waals surface area contributed by atoms with E-state index in [9.17, 15) is 4.79 Å². The molecule has 0 N–H and O–H groups in total. The third-order valence-corrected chi connectivity index (χ3v) is 4.38. The van der Waals surface area contributed by atoms with Gasteiger partial charge in [-0.05, 0) is 31.9 Å². The average Bonchev–Trinajstić information content (AvgIpc) is 2.63. The number of unbranched alkanes of at least 4 members (excludes halogenated alkanes) is 4. The molecule has 1 aromatic carbocycles. The summed E-state index contributed by atoms with van der Waals surface area (Å²) in [5, 5.41) is 0.897. The maximum Gasteiger partial charge on any atom is 0.310 e. The Balaban J connectivity index is 2.18. The van der Waals surface area contributed by atoms with Gasteiger partial charge in [0.25, 0.3) is 0 Å². The molecule has 134 valence electrons. The molecule has 2 rings (SSSR count). The number of ether oxygens (including phenoxy) is 1. The Labute approximate surface area is 151 Å². The van der Waals surface area contributed by atoms with Crippen LogP contribution in [0.15, 0.2) is 36.4 Å². The largest absolute Gasteiger partial charge is 0.425 e. The van der Waals surface area contributed by atoms with Crippen LogP contribution >= 0.6 is 0 Å². The summed E-state index contributed by atoms with van der Waals surface area (Å²) < 4.78 is 5.62. The van der Waals surface area contributed by atoms with Crippen molar-refractivity contribution < 1.29 is 9.53 Å². The molecule has 0 unspecified atom stereocenters. The minimum Gasteiger partial charge on any atom is -0.425 e. The van der Waals surface area contributed by atoms with Crippen LogP contribution in [0.1, 0.15) is 63.6 Å². The first-order valence-electron chi connectivity index (χ1n) is 9.41. The van der Waals surface area contributed by atoms with E-state index in [-0.39, 0.29) is 5.97 Å². The van der Waals surface area contributed by atoms with E-state index in [0.29, 0.717) is 12.2 Å². The Morgan fingerprint density at radius 2 is 1.92 bits per heavy atom. The predicted octanol–water partition coefficient (Wildman–Crippen LogP) is 5.93. The number of pyridine rings is 1. The molecule has 3 heteroatoms. The van der Waals surface area contributed by atoms with Crippen molar-refractivity contribution in [1.82, 2.24) is 4.98 Å². The first kappa shape index (κ1) is 19.2. The van der Waals surface area contributed by atoms with Gasteiger partial charge in [-0.2, -0.15) is 0 Å². The molecule has 3 nitrogen and oxygen atoms in total. The first-order chi connectivity index (χ1) is 12.2. The van der Waals surface area contributed by atoms with Crippen LogP contribution in [0.25, 0.3) is 10.9 Å². The van der Waals surface area contributed by atoms with Gasteiger partial charge in [0.1, 0.15) is 5.75 Å². The number of hydrogen-bond donors (Lipinski definition) is 0. The van der Waals surface area contributed by atoms with Crippen LogP contribution in [0.4, 0.5) is 0 Å². The Kier molecular flexibility index (Phi) is 7.65. The van der Waals surface area contributed by atoms with Crippen LogP contribution in [-0.2, 0) is 11.2 Å². The van der Waals surface area contributed by atoms with E-state index >= 15 is 0 Å². The number of rotatable bonds is 9. The fraction of sp³-hybridized carbons (Fsp3) is 0.455. The summed E-state index contributed by atoms with van der Waals surface area (Å²) in [6.07, 6.45) is 11.8. The summed E-state index contributed by atoms with van der Waals surface area (Å²) in [5.41, 5.74) is 2.80. The number of benzene rings is 1. The van der Waals surface area contributed by atoms with Gasteiger partial charge in [0, 0.05) is 23.8 Å². The van der Waals surface area contributed by atoms with Crippen LogP contribution in [-0.4, -0.2) is 11.0 Å². The highest BCUT2D eigenvalue weighted by Gasteiger charge is 2.14. The SMILES string of the molecule is CCCCCC/C=C/Cc1nc2ccccc2c(OC(=O)CC)c1C. The maximum absolute atomic E-state index is 11.8. The molecular formula is C22H29NO2. The van der Waals surface area contributed by atoms with E-state index in [0.717, 1.165) is 35.0 Å². The molecule has 1 heterocycles. The second-order valence-corrected chi connectivity index (χ2v) is 6.38. The number of carbonyl (C=O) groups is 1. The summed E-state index contributed by atoms with van der Waals surface area (Å²) >= 11 is 0. The number of allylic oxidation sites excluding steroid dienone is 2. The molecular weight excluding hydrogens is 310 g/mol. The molecule has 0 atom stereocenters. The first-order valence-corrected chi connectivity index (χ1v) is 9.41. The highest BCUT2D eigenvalue weighted by Crippen LogP contribution is 2.31. The van der Waals surface area contributed by atoms with Gasteiger partial charge >= 0.3 is 5.97 Å². The van der Waals surface area contributed by atoms with Gasteiger partial charge in [0.2, 0.25) is 0 Å². The van der Waals surface area contributed by atoms with Crippen molar-refractivity contribution in [3.63, 3.8) is 0 Å². The van der Waals surface area contributed by atoms with E-state index in [4.69, 9.17) is 9.72 Å². The standard InChI is InChI=1S/C22H29NO2/c1-4-6-7-8-9-10-11-15-19-17(3)22(25-21(24)5-2)18-14-12-13-16-20(18)23-19/h10-14,16H,4-9,15H2,1-3H3/b11-10+. The number of aromatic nitrogens is 1. The fourth-order valence-corrected chi connectivity index (χ4v) is 2.84. The van der Waals surface area contributed by atoms with Crippen LogP contribution in [0, 0.1) is 6.92 Å². The average molecular weight is 339 g/mol. The number of esters is 1. The third-order valence-electron chi connectivity index (χ3n) is 4.38. The van der Waals surface area contributed by atoms with E-state index in [1.165, 1.54) is 25.7 Å². The second-order valence-electron chi connectivity index (χ2n) is 6.38. The van der Waals surface area contributed by atoms with Crippen LogP contribution in [0.3, 0.4) is 0 Å². The lowest BCUT2D eigenvalue weighted by Crippen LogP contribution is -2.09. The van der Waals surface area contributed by atoms with Gasteiger partial charge in [-0.15, -0.1) is 0 Å². The van der Waals surface area contributed by atoms with E-state index in [1.807, 2.05) is 38.1 Å². The van der Waals surface area contributed by atoms with E-state index in [2.05, 4.69) is 19.1 Å². The summed E-state index contributed by atoms with van der Waals surface area (Å²) in [6.45, 7) is 6.03. The van der Waals surface area contributed by atoms with Gasteiger partial charge < -0.3 is 4.74 Å². The number of carbonyl (C=O) groups excluding carboxylic acids is 1. The van der Waals surface area contributed by atoms with Crippen molar-refractivity contribution in [2.75, 3.05) is 0 Å². The molecule has 25 heavy (non-hydrogen) atoms.